The minimum atomic E-state index is 0.392. The third-order valence-electron chi connectivity index (χ3n) is 3.12. The fourth-order valence-corrected chi connectivity index (χ4v) is 2.83. The zero-order chi connectivity index (χ0) is 14.4. The zero-order valence-electron chi connectivity index (χ0n) is 12.3. The van der Waals surface area contributed by atoms with Gasteiger partial charge in [0.2, 0.25) is 0 Å². The molecule has 3 nitrogen and oxygen atoms in total. The number of hydrogen-bond acceptors (Lipinski definition) is 4. The minimum absolute atomic E-state index is 0.392. The molecule has 0 saturated carbocycles. The lowest BCUT2D eigenvalue weighted by molar-refractivity contribution is 0.391. The number of rotatable bonds is 7. The molecule has 0 saturated heterocycles. The van der Waals surface area contributed by atoms with Crippen molar-refractivity contribution in [3.63, 3.8) is 0 Å². The largest absolute Gasteiger partial charge is 0.360 e. The summed E-state index contributed by atoms with van der Waals surface area (Å²) in [4.78, 5) is 1.27. The van der Waals surface area contributed by atoms with E-state index in [1.54, 1.807) is 11.8 Å². The van der Waals surface area contributed by atoms with Crippen LogP contribution in [0.4, 0.5) is 0 Å². The minimum Gasteiger partial charge on any atom is -0.360 e. The third-order valence-corrected chi connectivity index (χ3v) is 4.13. The van der Waals surface area contributed by atoms with E-state index in [0.29, 0.717) is 6.04 Å². The van der Waals surface area contributed by atoms with Crippen LogP contribution in [0, 0.1) is 6.92 Å². The van der Waals surface area contributed by atoms with Crippen molar-refractivity contribution in [2.75, 3.05) is 6.54 Å². The van der Waals surface area contributed by atoms with Gasteiger partial charge in [-0.25, -0.2) is 0 Å². The van der Waals surface area contributed by atoms with Crippen molar-refractivity contribution in [2.45, 2.75) is 43.9 Å². The topological polar surface area (TPSA) is 38.1 Å². The predicted octanol–water partition coefficient (Wildman–Crippen LogP) is 4.34. The van der Waals surface area contributed by atoms with Gasteiger partial charge in [0.15, 0.2) is 0 Å². The van der Waals surface area contributed by atoms with E-state index < -0.39 is 0 Å². The van der Waals surface area contributed by atoms with Gasteiger partial charge in [-0.2, -0.15) is 0 Å². The van der Waals surface area contributed by atoms with Crippen molar-refractivity contribution in [1.29, 1.82) is 0 Å². The number of aryl methyl sites for hydroxylation is 1. The molecule has 1 heterocycles. The molecule has 0 aliphatic heterocycles. The smallest absolute Gasteiger partial charge is 0.147 e. The first-order valence-electron chi connectivity index (χ1n) is 7.07. The lowest BCUT2D eigenvalue weighted by atomic mass is 10.1. The molecule has 1 unspecified atom stereocenters. The third kappa shape index (κ3) is 4.39. The van der Waals surface area contributed by atoms with Gasteiger partial charge in [0.05, 0.1) is 11.4 Å². The van der Waals surface area contributed by atoms with Gasteiger partial charge < -0.3 is 9.84 Å². The first-order valence-corrected chi connectivity index (χ1v) is 8.06. The Morgan fingerprint density at radius 2 is 2.20 bits per heavy atom. The van der Waals surface area contributed by atoms with E-state index in [2.05, 4.69) is 48.6 Å². The molecule has 0 amide bonds. The average Bonchev–Trinajstić information content (AvgIpc) is 2.88. The molecule has 0 radical (unpaired) electrons. The quantitative estimate of drug-likeness (QED) is 0.770. The second kappa shape index (κ2) is 7.50. The van der Waals surface area contributed by atoms with Gasteiger partial charge in [-0.15, -0.1) is 11.8 Å². The molecule has 20 heavy (non-hydrogen) atoms. The maximum atomic E-state index is 5.23. The molecule has 1 aromatic heterocycles. The van der Waals surface area contributed by atoms with Gasteiger partial charge in [0.25, 0.3) is 0 Å². The second-order valence-corrected chi connectivity index (χ2v) is 6.02. The van der Waals surface area contributed by atoms with E-state index >= 15 is 0 Å². The molecule has 108 valence electrons. The molecule has 2 rings (SSSR count). The second-order valence-electron chi connectivity index (χ2n) is 4.97. The van der Waals surface area contributed by atoms with Crippen LogP contribution in [0.1, 0.15) is 43.3 Å². The van der Waals surface area contributed by atoms with Crippen LogP contribution in [0.3, 0.4) is 0 Å². The van der Waals surface area contributed by atoms with Gasteiger partial charge in [0.1, 0.15) is 5.76 Å². The summed E-state index contributed by atoms with van der Waals surface area (Å²) in [6.07, 6.45) is 1.16. The van der Waals surface area contributed by atoms with E-state index in [-0.39, 0.29) is 0 Å². The normalized spacial score (nSPS) is 12.6. The number of nitrogens with zero attached hydrogens (tertiary/aromatic N) is 1. The summed E-state index contributed by atoms with van der Waals surface area (Å²) in [6.45, 7) is 7.39. The highest BCUT2D eigenvalue weighted by molar-refractivity contribution is 7.98. The molecule has 0 aliphatic rings. The summed E-state index contributed by atoms with van der Waals surface area (Å²) in [5.74, 6) is 1.75. The molecule has 0 spiro atoms. The Bertz CT molecular complexity index is 539. The Morgan fingerprint density at radius 1 is 1.35 bits per heavy atom. The Balaban J connectivity index is 1.95. The molecule has 4 heteroatoms. The first-order chi connectivity index (χ1) is 9.69. The van der Waals surface area contributed by atoms with Crippen molar-refractivity contribution in [2.24, 2.45) is 0 Å². The van der Waals surface area contributed by atoms with E-state index in [0.717, 1.165) is 30.2 Å². The van der Waals surface area contributed by atoms with E-state index in [1.165, 1.54) is 10.5 Å². The summed E-state index contributed by atoms with van der Waals surface area (Å²) in [6, 6.07) is 11.1. The molecule has 1 N–H and O–H groups in total. The highest BCUT2D eigenvalue weighted by Crippen LogP contribution is 2.25. The lowest BCUT2D eigenvalue weighted by Crippen LogP contribution is -2.19. The summed E-state index contributed by atoms with van der Waals surface area (Å²) < 4.78 is 5.23. The number of hydrogen-bond donors (Lipinski definition) is 1. The van der Waals surface area contributed by atoms with Crippen molar-refractivity contribution >= 4 is 11.8 Å². The molecule has 0 bridgehead atoms. The van der Waals surface area contributed by atoms with E-state index in [9.17, 15) is 0 Å². The van der Waals surface area contributed by atoms with Crippen molar-refractivity contribution < 1.29 is 4.52 Å². The molecular formula is C16H22N2OS. The van der Waals surface area contributed by atoms with Crippen LogP contribution in [0.2, 0.25) is 0 Å². The monoisotopic (exact) mass is 290 g/mol. The highest BCUT2D eigenvalue weighted by atomic mass is 32.2. The summed E-state index contributed by atoms with van der Waals surface area (Å²) in [5, 5.41) is 7.43. The molecule has 1 atom stereocenters. The van der Waals surface area contributed by atoms with Crippen LogP contribution < -0.4 is 5.32 Å². The van der Waals surface area contributed by atoms with Crippen LogP contribution in [0.5, 0.6) is 0 Å². The predicted molar refractivity (Wildman–Crippen MR) is 84.0 cm³/mol. The molecule has 0 fully saturated rings. The number of benzene rings is 1. The fraction of sp³-hybridized carbons (Fsp3) is 0.438. The highest BCUT2D eigenvalue weighted by Gasteiger charge is 2.06. The Labute approximate surface area is 125 Å². The average molecular weight is 290 g/mol. The Hall–Kier alpha value is -1.26. The van der Waals surface area contributed by atoms with Crippen LogP contribution in [-0.4, -0.2) is 11.7 Å². The number of thioether (sulfide) groups is 1. The molecule has 0 aliphatic carbocycles. The van der Waals surface area contributed by atoms with E-state index in [1.807, 2.05) is 13.0 Å². The van der Waals surface area contributed by atoms with Crippen LogP contribution in [0.25, 0.3) is 0 Å². The maximum Gasteiger partial charge on any atom is 0.147 e. The van der Waals surface area contributed by atoms with Gasteiger partial charge in [-0.3, -0.25) is 0 Å². The van der Waals surface area contributed by atoms with Gasteiger partial charge in [-0.05, 0) is 44.5 Å². The summed E-state index contributed by atoms with van der Waals surface area (Å²) >= 11 is 1.78. The zero-order valence-corrected chi connectivity index (χ0v) is 13.2. The first kappa shape index (κ1) is 15.1. The SMILES string of the molecule is CCCNC(C)c1cccc(SCc2cc(C)no2)c1. The summed E-state index contributed by atoms with van der Waals surface area (Å²) in [5.41, 5.74) is 2.27. The van der Waals surface area contributed by atoms with Crippen LogP contribution in [0.15, 0.2) is 39.8 Å². The van der Waals surface area contributed by atoms with Crippen molar-refractivity contribution in [3.8, 4) is 0 Å². The van der Waals surface area contributed by atoms with Gasteiger partial charge >= 0.3 is 0 Å². The van der Waals surface area contributed by atoms with Crippen LogP contribution >= 0.6 is 11.8 Å². The van der Waals surface area contributed by atoms with Crippen molar-refractivity contribution in [3.05, 3.63) is 47.3 Å². The molecule has 2 aromatic rings. The standard InChI is InChI=1S/C16H22N2OS/c1-4-8-17-13(3)14-6-5-7-16(10-14)20-11-15-9-12(2)18-19-15/h5-7,9-10,13,17H,4,8,11H2,1-3H3. The van der Waals surface area contributed by atoms with Crippen molar-refractivity contribution in [1.82, 2.24) is 10.5 Å². The summed E-state index contributed by atoms with van der Waals surface area (Å²) in [7, 11) is 0. The Morgan fingerprint density at radius 3 is 2.90 bits per heavy atom. The van der Waals surface area contributed by atoms with Gasteiger partial charge in [-0.1, -0.05) is 24.2 Å². The van der Waals surface area contributed by atoms with E-state index in [4.69, 9.17) is 4.52 Å². The van der Waals surface area contributed by atoms with Crippen LogP contribution in [-0.2, 0) is 5.75 Å². The number of nitrogens with one attached hydrogen (secondary N) is 1. The maximum absolute atomic E-state index is 5.23. The molecule has 1 aromatic carbocycles. The lowest BCUT2D eigenvalue weighted by Gasteiger charge is -2.14. The Kier molecular flexibility index (Phi) is 5.68. The number of aromatic nitrogens is 1. The molecular weight excluding hydrogens is 268 g/mol. The fourth-order valence-electron chi connectivity index (χ4n) is 1.99. The van der Waals surface area contributed by atoms with Gasteiger partial charge in [0, 0.05) is 17.0 Å².